The van der Waals surface area contributed by atoms with Crippen molar-refractivity contribution in [2.75, 3.05) is 0 Å². The number of aromatic nitrogens is 1. The van der Waals surface area contributed by atoms with Gasteiger partial charge in [0.2, 0.25) is 0 Å². The number of hydrogen-bond acceptors (Lipinski definition) is 5. The minimum atomic E-state index is -4.21. The quantitative estimate of drug-likeness (QED) is 0.694. The summed E-state index contributed by atoms with van der Waals surface area (Å²) >= 11 is 1.46. The lowest BCUT2D eigenvalue weighted by Crippen LogP contribution is -2.14. The van der Waals surface area contributed by atoms with Crippen LogP contribution in [0.2, 0.25) is 0 Å². The van der Waals surface area contributed by atoms with Gasteiger partial charge in [0.1, 0.15) is 0 Å². The largest absolute Gasteiger partial charge is 0.317 e. The molecule has 1 heterocycles. The van der Waals surface area contributed by atoms with E-state index < -0.39 is 10.1 Å². The second kappa shape index (κ2) is 7.25. The van der Waals surface area contributed by atoms with Gasteiger partial charge in [0.15, 0.2) is 4.80 Å². The minimum Gasteiger partial charge on any atom is -0.317 e. The predicted molar refractivity (Wildman–Crippen MR) is 99.6 cm³/mol. The molecular weight excluding hydrogens is 370 g/mol. The van der Waals surface area contributed by atoms with Crippen LogP contribution in [0.4, 0.5) is 5.69 Å². The number of nitriles is 1. The lowest BCUT2D eigenvalue weighted by Gasteiger charge is -2.06. The van der Waals surface area contributed by atoms with Crippen LogP contribution in [0.25, 0.3) is 11.3 Å². The van der Waals surface area contributed by atoms with Gasteiger partial charge in [0, 0.05) is 17.5 Å². The van der Waals surface area contributed by atoms with E-state index in [1.54, 1.807) is 18.2 Å². The van der Waals surface area contributed by atoms with E-state index >= 15 is 0 Å². The first-order chi connectivity index (χ1) is 12.4. The van der Waals surface area contributed by atoms with Crippen LogP contribution in [0.1, 0.15) is 12.5 Å². The fraction of sp³-hybridized carbons (Fsp3) is 0.111. The monoisotopic (exact) mass is 385 g/mol. The third-order valence-electron chi connectivity index (χ3n) is 3.76. The summed E-state index contributed by atoms with van der Waals surface area (Å²) in [4.78, 5) is 5.15. The molecule has 132 valence electrons. The van der Waals surface area contributed by atoms with E-state index in [0.29, 0.717) is 17.8 Å². The molecule has 2 aromatic carbocycles. The van der Waals surface area contributed by atoms with Gasteiger partial charge in [-0.1, -0.05) is 12.1 Å². The third kappa shape index (κ3) is 3.75. The Morgan fingerprint density at radius 1 is 1.23 bits per heavy atom. The zero-order valence-corrected chi connectivity index (χ0v) is 15.5. The van der Waals surface area contributed by atoms with Crippen LogP contribution >= 0.6 is 11.3 Å². The van der Waals surface area contributed by atoms with Crippen molar-refractivity contribution >= 4 is 27.1 Å². The molecular formula is C18H15N3O3S2. The molecule has 3 aromatic rings. The highest BCUT2D eigenvalue weighted by Crippen LogP contribution is 2.22. The van der Waals surface area contributed by atoms with Gasteiger partial charge in [-0.3, -0.25) is 4.55 Å². The second-order valence-corrected chi connectivity index (χ2v) is 7.68. The molecule has 3 rings (SSSR count). The number of rotatable bonds is 4. The third-order valence-corrected chi connectivity index (χ3v) is 5.49. The van der Waals surface area contributed by atoms with Crippen molar-refractivity contribution in [3.8, 4) is 17.3 Å². The number of hydrogen-bond donors (Lipinski definition) is 1. The summed E-state index contributed by atoms with van der Waals surface area (Å²) < 4.78 is 33.3. The Morgan fingerprint density at radius 3 is 2.58 bits per heavy atom. The van der Waals surface area contributed by atoms with Crippen molar-refractivity contribution in [3.05, 3.63) is 64.3 Å². The van der Waals surface area contributed by atoms with Crippen LogP contribution in [-0.4, -0.2) is 17.5 Å². The Labute approximate surface area is 155 Å². The molecule has 6 nitrogen and oxygen atoms in total. The van der Waals surface area contributed by atoms with Crippen molar-refractivity contribution in [3.63, 3.8) is 0 Å². The summed E-state index contributed by atoms with van der Waals surface area (Å²) in [7, 11) is -4.21. The first-order valence-electron chi connectivity index (χ1n) is 7.73. The van der Waals surface area contributed by atoms with Gasteiger partial charge in [-0.15, -0.1) is 11.3 Å². The first kappa shape index (κ1) is 18.1. The van der Waals surface area contributed by atoms with E-state index in [1.807, 2.05) is 35.1 Å². The van der Waals surface area contributed by atoms with Crippen molar-refractivity contribution in [1.82, 2.24) is 4.57 Å². The summed E-state index contributed by atoms with van der Waals surface area (Å²) in [6.07, 6.45) is 0. The SMILES string of the molecule is CCn1c(-c2cccc(C#N)c2)cs/c1=N\c1ccc(S(=O)(=O)O)cc1. The lowest BCUT2D eigenvalue weighted by molar-refractivity contribution is 0.483. The summed E-state index contributed by atoms with van der Waals surface area (Å²) in [5, 5.41) is 11.1. The van der Waals surface area contributed by atoms with Gasteiger partial charge in [0.25, 0.3) is 10.1 Å². The van der Waals surface area contributed by atoms with Gasteiger partial charge >= 0.3 is 0 Å². The zero-order valence-electron chi connectivity index (χ0n) is 13.8. The molecule has 0 saturated heterocycles. The Balaban J connectivity index is 2.05. The van der Waals surface area contributed by atoms with Crippen LogP contribution in [0.3, 0.4) is 0 Å². The van der Waals surface area contributed by atoms with E-state index in [9.17, 15) is 8.42 Å². The molecule has 0 saturated carbocycles. The zero-order chi connectivity index (χ0) is 18.7. The highest BCUT2D eigenvalue weighted by Gasteiger charge is 2.10. The van der Waals surface area contributed by atoms with E-state index in [4.69, 9.17) is 9.81 Å². The average Bonchev–Trinajstić information content (AvgIpc) is 3.04. The first-order valence-corrected chi connectivity index (χ1v) is 10.1. The molecule has 8 heteroatoms. The molecule has 0 bridgehead atoms. The second-order valence-electron chi connectivity index (χ2n) is 5.42. The van der Waals surface area contributed by atoms with Gasteiger partial charge in [-0.05, 0) is 43.3 Å². The number of thiazole rings is 1. The molecule has 1 aromatic heterocycles. The Morgan fingerprint density at radius 2 is 1.96 bits per heavy atom. The molecule has 0 fully saturated rings. The van der Waals surface area contributed by atoms with Gasteiger partial charge in [-0.25, -0.2) is 4.99 Å². The smallest absolute Gasteiger partial charge is 0.294 e. The van der Waals surface area contributed by atoms with Crippen molar-refractivity contribution < 1.29 is 13.0 Å². The molecule has 0 aliphatic rings. The molecule has 1 N–H and O–H groups in total. The molecule has 0 atom stereocenters. The van der Waals surface area contributed by atoms with Crippen molar-refractivity contribution in [1.29, 1.82) is 5.26 Å². The summed E-state index contributed by atoms with van der Waals surface area (Å²) in [6.45, 7) is 2.70. The molecule has 0 amide bonds. The molecule has 0 radical (unpaired) electrons. The predicted octanol–water partition coefficient (Wildman–Crippen LogP) is 3.59. The molecule has 0 aliphatic carbocycles. The maximum absolute atomic E-state index is 11.1. The van der Waals surface area contributed by atoms with Crippen molar-refractivity contribution in [2.45, 2.75) is 18.4 Å². The fourth-order valence-electron chi connectivity index (χ4n) is 2.51. The van der Waals surface area contributed by atoms with Gasteiger partial charge in [-0.2, -0.15) is 13.7 Å². The van der Waals surface area contributed by atoms with Gasteiger partial charge in [0.05, 0.1) is 27.9 Å². The topological polar surface area (TPSA) is 95.5 Å². The van der Waals surface area contributed by atoms with Crippen LogP contribution in [0.5, 0.6) is 0 Å². The maximum atomic E-state index is 11.1. The van der Waals surface area contributed by atoms with E-state index in [1.165, 1.54) is 23.5 Å². The molecule has 0 unspecified atom stereocenters. The maximum Gasteiger partial charge on any atom is 0.294 e. The molecule has 0 aliphatic heterocycles. The highest BCUT2D eigenvalue weighted by atomic mass is 32.2. The van der Waals surface area contributed by atoms with Crippen LogP contribution in [-0.2, 0) is 16.7 Å². The number of nitrogens with zero attached hydrogens (tertiary/aromatic N) is 3. The van der Waals surface area contributed by atoms with E-state index in [2.05, 4.69) is 11.1 Å². The van der Waals surface area contributed by atoms with Crippen molar-refractivity contribution in [2.24, 2.45) is 4.99 Å². The van der Waals surface area contributed by atoms with E-state index in [0.717, 1.165) is 16.1 Å². The highest BCUT2D eigenvalue weighted by molar-refractivity contribution is 7.85. The molecule has 0 spiro atoms. The Kier molecular flexibility index (Phi) is 5.04. The van der Waals surface area contributed by atoms with Crippen LogP contribution in [0, 0.1) is 11.3 Å². The summed E-state index contributed by atoms with van der Waals surface area (Å²) in [5.41, 5.74) is 3.07. The minimum absolute atomic E-state index is 0.167. The fourth-order valence-corrected chi connectivity index (χ4v) is 3.98. The molecule has 26 heavy (non-hydrogen) atoms. The Hall–Kier alpha value is -2.73. The van der Waals surface area contributed by atoms with Crippen LogP contribution in [0.15, 0.2) is 63.8 Å². The van der Waals surface area contributed by atoms with E-state index in [-0.39, 0.29) is 4.90 Å². The Bertz CT molecular complexity index is 1150. The normalized spacial score (nSPS) is 12.1. The van der Waals surface area contributed by atoms with Crippen LogP contribution < -0.4 is 4.80 Å². The lowest BCUT2D eigenvalue weighted by atomic mass is 10.1. The number of benzene rings is 2. The summed E-state index contributed by atoms with van der Waals surface area (Å²) in [6, 6.07) is 15.2. The standard InChI is InChI=1S/C18H15N3O3S2/c1-2-21-17(14-5-3-4-13(10-14)11-19)12-25-18(21)20-15-6-8-16(9-7-15)26(22,23)24/h3-10,12H,2H2,1H3,(H,22,23,24)/b20-18-. The summed E-state index contributed by atoms with van der Waals surface area (Å²) in [5.74, 6) is 0. The van der Waals surface area contributed by atoms with Gasteiger partial charge < -0.3 is 4.57 Å². The average molecular weight is 385 g/mol.